The van der Waals surface area contributed by atoms with Crippen molar-refractivity contribution < 1.29 is 19.4 Å². The number of methoxy groups -OCH3 is 2. The highest BCUT2D eigenvalue weighted by atomic mass is 79.9. The predicted molar refractivity (Wildman–Crippen MR) is 98.2 cm³/mol. The van der Waals surface area contributed by atoms with Crippen molar-refractivity contribution in [1.82, 2.24) is 0 Å². The van der Waals surface area contributed by atoms with Crippen LogP contribution in [0.5, 0.6) is 17.2 Å². The van der Waals surface area contributed by atoms with Crippen molar-refractivity contribution in [2.24, 2.45) is 0 Å². The number of allylic oxidation sites excluding steroid dienone is 1. The summed E-state index contributed by atoms with van der Waals surface area (Å²) in [6.45, 7) is 3.50. The Hall–Kier alpha value is -2.27. The molecule has 0 aliphatic rings. The first-order chi connectivity index (χ1) is 11.4. The number of benzene rings is 2. The highest BCUT2D eigenvalue weighted by molar-refractivity contribution is 9.10. The molecule has 2 aromatic carbocycles. The molecule has 0 unspecified atom stereocenters. The minimum atomic E-state index is -0.332. The Labute approximate surface area is 149 Å². The van der Waals surface area contributed by atoms with Gasteiger partial charge in [-0.05, 0) is 37.6 Å². The third-order valence-electron chi connectivity index (χ3n) is 3.79. The number of hydrogen-bond acceptors (Lipinski definition) is 4. The lowest BCUT2D eigenvalue weighted by Gasteiger charge is -2.17. The Bertz CT molecular complexity index is 792. The zero-order valence-electron chi connectivity index (χ0n) is 14.0. The van der Waals surface area contributed by atoms with E-state index < -0.39 is 0 Å². The van der Waals surface area contributed by atoms with Crippen LogP contribution in [-0.2, 0) is 0 Å². The highest BCUT2D eigenvalue weighted by Gasteiger charge is 2.24. The summed E-state index contributed by atoms with van der Waals surface area (Å²) >= 11 is 3.37. The second-order valence-electron chi connectivity index (χ2n) is 5.29. The molecule has 0 amide bonds. The smallest absolute Gasteiger partial charge is 0.193 e. The largest absolute Gasteiger partial charge is 0.507 e. The summed E-state index contributed by atoms with van der Waals surface area (Å²) in [6.07, 6.45) is 3.12. The normalized spacial score (nSPS) is 10.9. The number of carbonyl (C=O) groups excluding carboxylic acids is 1. The van der Waals surface area contributed by atoms with Gasteiger partial charge in [-0.25, -0.2) is 0 Å². The topological polar surface area (TPSA) is 55.8 Å². The standard InChI is InChI=1S/C19H19BrO4/c1-11-17(22)16(19(24-4)12(2)18(11)23-3)15(21)10-7-13-5-8-14(20)9-6-13/h5-10,22H,1-4H3/b10-7+. The Morgan fingerprint density at radius 1 is 1.04 bits per heavy atom. The van der Waals surface area contributed by atoms with Gasteiger partial charge in [-0.2, -0.15) is 0 Å². The second kappa shape index (κ2) is 7.53. The summed E-state index contributed by atoms with van der Waals surface area (Å²) in [5.41, 5.74) is 2.21. The van der Waals surface area contributed by atoms with Gasteiger partial charge < -0.3 is 14.6 Å². The van der Waals surface area contributed by atoms with Crippen LogP contribution in [0.1, 0.15) is 27.0 Å². The van der Waals surface area contributed by atoms with Crippen molar-refractivity contribution in [3.8, 4) is 17.2 Å². The van der Waals surface area contributed by atoms with E-state index in [4.69, 9.17) is 9.47 Å². The van der Waals surface area contributed by atoms with Crippen LogP contribution in [0.2, 0.25) is 0 Å². The average molecular weight is 391 g/mol. The molecule has 0 atom stereocenters. The summed E-state index contributed by atoms with van der Waals surface area (Å²) in [4.78, 5) is 12.6. The first-order valence-corrected chi connectivity index (χ1v) is 8.12. The molecule has 0 heterocycles. The van der Waals surface area contributed by atoms with Crippen LogP contribution in [0.25, 0.3) is 6.08 Å². The van der Waals surface area contributed by atoms with Crippen LogP contribution >= 0.6 is 15.9 Å². The molecule has 5 heteroatoms. The maximum absolute atomic E-state index is 12.6. The lowest BCUT2D eigenvalue weighted by molar-refractivity contribution is 0.104. The van der Waals surface area contributed by atoms with Crippen LogP contribution < -0.4 is 9.47 Å². The number of hydrogen-bond donors (Lipinski definition) is 1. The molecule has 1 N–H and O–H groups in total. The van der Waals surface area contributed by atoms with Crippen LogP contribution in [0.4, 0.5) is 0 Å². The van der Waals surface area contributed by atoms with Gasteiger partial charge in [0.05, 0.1) is 14.2 Å². The van der Waals surface area contributed by atoms with E-state index >= 15 is 0 Å². The molecule has 0 saturated heterocycles. The predicted octanol–water partition coefficient (Wildman–Crippen LogP) is 4.68. The van der Waals surface area contributed by atoms with E-state index in [9.17, 15) is 9.90 Å². The number of phenols is 1. The maximum atomic E-state index is 12.6. The first-order valence-electron chi connectivity index (χ1n) is 7.32. The number of phenolic OH excluding ortho intramolecular Hbond substituents is 1. The fraction of sp³-hybridized carbons (Fsp3) is 0.211. The lowest BCUT2D eigenvalue weighted by Crippen LogP contribution is -2.05. The molecular weight excluding hydrogens is 372 g/mol. The van der Waals surface area contributed by atoms with Crippen molar-refractivity contribution in [1.29, 1.82) is 0 Å². The van der Waals surface area contributed by atoms with Gasteiger partial charge in [-0.1, -0.05) is 34.1 Å². The monoisotopic (exact) mass is 390 g/mol. The number of rotatable bonds is 5. The second-order valence-corrected chi connectivity index (χ2v) is 6.20. The molecule has 126 valence electrons. The SMILES string of the molecule is COc1c(C)c(O)c(C(=O)/C=C/c2ccc(Br)cc2)c(OC)c1C. The van der Waals surface area contributed by atoms with Crippen LogP contribution in [0.15, 0.2) is 34.8 Å². The quantitative estimate of drug-likeness (QED) is 0.594. The molecule has 2 rings (SSSR count). The van der Waals surface area contributed by atoms with Gasteiger partial charge >= 0.3 is 0 Å². The van der Waals surface area contributed by atoms with Crippen LogP contribution in [-0.4, -0.2) is 25.1 Å². The van der Waals surface area contributed by atoms with Crippen molar-refractivity contribution in [3.63, 3.8) is 0 Å². The van der Waals surface area contributed by atoms with E-state index in [1.165, 1.54) is 20.3 Å². The van der Waals surface area contributed by atoms with Gasteiger partial charge in [-0.3, -0.25) is 4.79 Å². The maximum Gasteiger partial charge on any atom is 0.193 e. The molecule has 0 spiro atoms. The summed E-state index contributed by atoms with van der Waals surface area (Å²) in [5.74, 6) is 0.374. The third kappa shape index (κ3) is 3.46. The fourth-order valence-corrected chi connectivity index (χ4v) is 2.86. The molecule has 2 aromatic rings. The van der Waals surface area contributed by atoms with Crippen molar-refractivity contribution in [3.05, 3.63) is 57.1 Å². The van der Waals surface area contributed by atoms with Crippen molar-refractivity contribution in [2.75, 3.05) is 14.2 Å². The zero-order chi connectivity index (χ0) is 17.9. The molecular formula is C19H19BrO4. The Kier molecular flexibility index (Phi) is 5.67. The minimum absolute atomic E-state index is 0.125. The van der Waals surface area contributed by atoms with E-state index in [1.54, 1.807) is 19.9 Å². The van der Waals surface area contributed by atoms with E-state index in [2.05, 4.69) is 15.9 Å². The Balaban J connectivity index is 2.47. The molecule has 0 aromatic heterocycles. The van der Waals surface area contributed by atoms with E-state index in [1.807, 2.05) is 24.3 Å². The van der Waals surface area contributed by atoms with E-state index in [0.29, 0.717) is 22.6 Å². The summed E-state index contributed by atoms with van der Waals surface area (Å²) < 4.78 is 11.6. The molecule has 4 nitrogen and oxygen atoms in total. The lowest BCUT2D eigenvalue weighted by atomic mass is 9.98. The highest BCUT2D eigenvalue weighted by Crippen LogP contribution is 2.42. The molecule has 0 radical (unpaired) electrons. The molecule has 0 aliphatic heterocycles. The molecule has 24 heavy (non-hydrogen) atoms. The average Bonchev–Trinajstić information content (AvgIpc) is 2.57. The summed E-state index contributed by atoms with van der Waals surface area (Å²) in [7, 11) is 2.98. The van der Waals surface area contributed by atoms with Crippen molar-refractivity contribution in [2.45, 2.75) is 13.8 Å². The zero-order valence-corrected chi connectivity index (χ0v) is 15.6. The van der Waals surface area contributed by atoms with Gasteiger partial charge in [0.1, 0.15) is 22.8 Å². The van der Waals surface area contributed by atoms with Crippen molar-refractivity contribution >= 4 is 27.8 Å². The number of ether oxygens (including phenoxy) is 2. The fourth-order valence-electron chi connectivity index (χ4n) is 2.59. The number of aromatic hydroxyl groups is 1. The number of ketones is 1. The molecule has 0 saturated carbocycles. The Morgan fingerprint density at radius 3 is 2.17 bits per heavy atom. The summed E-state index contributed by atoms with van der Waals surface area (Å²) in [6, 6.07) is 7.55. The van der Waals surface area contributed by atoms with Gasteiger partial charge in [0.25, 0.3) is 0 Å². The van der Waals surface area contributed by atoms with E-state index in [-0.39, 0.29) is 17.1 Å². The van der Waals surface area contributed by atoms with Gasteiger partial charge in [0.15, 0.2) is 5.78 Å². The molecule has 0 bridgehead atoms. The van der Waals surface area contributed by atoms with Gasteiger partial charge in [-0.15, -0.1) is 0 Å². The Morgan fingerprint density at radius 2 is 1.62 bits per heavy atom. The van der Waals surface area contributed by atoms with E-state index in [0.717, 1.165) is 10.0 Å². The number of halogens is 1. The number of carbonyl (C=O) groups is 1. The first kappa shape index (κ1) is 18.1. The van der Waals surface area contributed by atoms with Crippen LogP contribution in [0, 0.1) is 13.8 Å². The summed E-state index contributed by atoms with van der Waals surface area (Å²) in [5, 5.41) is 10.4. The van der Waals surface area contributed by atoms with Crippen LogP contribution in [0.3, 0.4) is 0 Å². The third-order valence-corrected chi connectivity index (χ3v) is 4.32. The van der Waals surface area contributed by atoms with Gasteiger partial charge in [0, 0.05) is 15.6 Å². The molecule has 0 aliphatic carbocycles. The minimum Gasteiger partial charge on any atom is -0.507 e. The molecule has 0 fully saturated rings. The van der Waals surface area contributed by atoms with Gasteiger partial charge in [0.2, 0.25) is 0 Å².